The van der Waals surface area contributed by atoms with Gasteiger partial charge in [0, 0.05) is 38.6 Å². The Morgan fingerprint density at radius 2 is 2.00 bits per heavy atom. The Labute approximate surface area is 138 Å². The standard InChI is InChI=1S/C18H26N4O/c1-14-16(20-9-8-19-14)22-11-7-18(13-22)6-3-10-21(17(18)23)12-15-4-2-5-15/h8-9,15H,2-7,10-13H2,1H3/t18-/m0/s1. The van der Waals surface area contributed by atoms with Crippen molar-refractivity contribution in [3.05, 3.63) is 18.1 Å². The molecule has 2 saturated heterocycles. The summed E-state index contributed by atoms with van der Waals surface area (Å²) in [6, 6.07) is 0. The Balaban J connectivity index is 1.49. The van der Waals surface area contributed by atoms with Crippen molar-refractivity contribution in [2.75, 3.05) is 31.1 Å². The van der Waals surface area contributed by atoms with E-state index in [2.05, 4.69) is 19.8 Å². The normalized spacial score (nSPS) is 28.5. The number of anilines is 1. The van der Waals surface area contributed by atoms with Crippen molar-refractivity contribution in [2.45, 2.75) is 45.4 Å². The number of rotatable bonds is 3. The van der Waals surface area contributed by atoms with E-state index in [1.165, 1.54) is 19.3 Å². The summed E-state index contributed by atoms with van der Waals surface area (Å²) in [4.78, 5) is 26.4. The zero-order valence-electron chi connectivity index (χ0n) is 14.0. The summed E-state index contributed by atoms with van der Waals surface area (Å²) in [5.74, 6) is 2.11. The predicted molar refractivity (Wildman–Crippen MR) is 89.2 cm³/mol. The smallest absolute Gasteiger partial charge is 0.230 e. The number of nitrogens with zero attached hydrogens (tertiary/aromatic N) is 4. The van der Waals surface area contributed by atoms with Crippen molar-refractivity contribution in [3.8, 4) is 0 Å². The first-order valence-corrected chi connectivity index (χ1v) is 9.00. The average Bonchev–Trinajstić information content (AvgIpc) is 2.93. The molecule has 0 unspecified atom stereocenters. The molecule has 0 N–H and O–H groups in total. The fourth-order valence-corrected chi connectivity index (χ4v) is 4.46. The second-order valence-electron chi connectivity index (χ2n) is 7.57. The van der Waals surface area contributed by atoms with Gasteiger partial charge < -0.3 is 9.80 Å². The number of piperidine rings is 1. The minimum atomic E-state index is -0.175. The largest absolute Gasteiger partial charge is 0.354 e. The number of carbonyl (C=O) groups excluding carboxylic acids is 1. The summed E-state index contributed by atoms with van der Waals surface area (Å²) < 4.78 is 0. The van der Waals surface area contributed by atoms with Gasteiger partial charge in [0.2, 0.25) is 5.91 Å². The van der Waals surface area contributed by atoms with Gasteiger partial charge in [0.15, 0.2) is 0 Å². The first-order valence-electron chi connectivity index (χ1n) is 9.00. The van der Waals surface area contributed by atoms with Crippen LogP contribution in [0.4, 0.5) is 5.82 Å². The molecule has 3 aliphatic rings. The summed E-state index contributed by atoms with van der Waals surface area (Å²) in [7, 11) is 0. The molecular formula is C18H26N4O. The van der Waals surface area contributed by atoms with E-state index in [9.17, 15) is 4.79 Å². The van der Waals surface area contributed by atoms with Crippen LogP contribution < -0.4 is 4.90 Å². The summed E-state index contributed by atoms with van der Waals surface area (Å²) in [6.07, 6.45) is 10.6. The molecule has 4 rings (SSSR count). The van der Waals surface area contributed by atoms with Crippen LogP contribution >= 0.6 is 0 Å². The van der Waals surface area contributed by atoms with Gasteiger partial charge in [-0.1, -0.05) is 6.42 Å². The van der Waals surface area contributed by atoms with Crippen molar-refractivity contribution >= 4 is 11.7 Å². The monoisotopic (exact) mass is 314 g/mol. The molecule has 5 nitrogen and oxygen atoms in total. The molecular weight excluding hydrogens is 288 g/mol. The van der Waals surface area contributed by atoms with E-state index in [1.807, 2.05) is 6.92 Å². The molecule has 23 heavy (non-hydrogen) atoms. The van der Waals surface area contributed by atoms with Crippen LogP contribution in [0.25, 0.3) is 0 Å². The summed E-state index contributed by atoms with van der Waals surface area (Å²) >= 11 is 0. The fourth-order valence-electron chi connectivity index (χ4n) is 4.46. The summed E-state index contributed by atoms with van der Waals surface area (Å²) in [5, 5.41) is 0. The lowest BCUT2D eigenvalue weighted by Gasteiger charge is -2.42. The summed E-state index contributed by atoms with van der Waals surface area (Å²) in [6.45, 7) is 5.68. The fraction of sp³-hybridized carbons (Fsp3) is 0.722. The zero-order valence-corrected chi connectivity index (χ0v) is 14.0. The van der Waals surface area contributed by atoms with Gasteiger partial charge in [-0.15, -0.1) is 0 Å². The second-order valence-corrected chi connectivity index (χ2v) is 7.57. The van der Waals surface area contributed by atoms with Crippen LogP contribution in [0.15, 0.2) is 12.4 Å². The third-order valence-electron chi connectivity index (χ3n) is 6.04. The molecule has 1 aromatic rings. The number of hydrogen-bond donors (Lipinski definition) is 0. The molecule has 1 amide bonds. The third kappa shape index (κ3) is 2.60. The van der Waals surface area contributed by atoms with E-state index in [-0.39, 0.29) is 5.41 Å². The Morgan fingerprint density at radius 1 is 1.17 bits per heavy atom. The number of hydrogen-bond acceptors (Lipinski definition) is 4. The molecule has 1 atom stereocenters. The zero-order chi connectivity index (χ0) is 15.9. The molecule has 1 aliphatic carbocycles. The first kappa shape index (κ1) is 14.9. The maximum Gasteiger partial charge on any atom is 0.230 e. The van der Waals surface area contributed by atoms with Crippen LogP contribution in [0.3, 0.4) is 0 Å². The van der Waals surface area contributed by atoms with Crippen molar-refractivity contribution < 1.29 is 4.79 Å². The van der Waals surface area contributed by atoms with Crippen molar-refractivity contribution in [2.24, 2.45) is 11.3 Å². The topological polar surface area (TPSA) is 49.3 Å². The van der Waals surface area contributed by atoms with Gasteiger partial charge in [-0.3, -0.25) is 9.78 Å². The molecule has 0 aromatic carbocycles. The van der Waals surface area contributed by atoms with E-state index >= 15 is 0 Å². The van der Waals surface area contributed by atoms with Gasteiger partial charge in [0.25, 0.3) is 0 Å². The van der Waals surface area contributed by atoms with E-state index in [0.29, 0.717) is 5.91 Å². The third-order valence-corrected chi connectivity index (χ3v) is 6.04. The Hall–Kier alpha value is -1.65. The number of likely N-dealkylation sites (tertiary alicyclic amines) is 1. The highest BCUT2D eigenvalue weighted by molar-refractivity contribution is 5.85. The van der Waals surface area contributed by atoms with E-state index in [0.717, 1.165) is 62.9 Å². The first-order chi connectivity index (χ1) is 11.2. The second kappa shape index (κ2) is 5.77. The molecule has 1 aromatic heterocycles. The van der Waals surface area contributed by atoms with Crippen molar-refractivity contribution in [3.63, 3.8) is 0 Å². The predicted octanol–water partition coefficient (Wildman–Crippen LogP) is 2.40. The molecule has 3 heterocycles. The van der Waals surface area contributed by atoms with Crippen LogP contribution in [-0.4, -0.2) is 47.0 Å². The van der Waals surface area contributed by atoms with Gasteiger partial charge in [-0.05, 0) is 44.9 Å². The van der Waals surface area contributed by atoms with Crippen LogP contribution in [0.2, 0.25) is 0 Å². The van der Waals surface area contributed by atoms with Crippen LogP contribution in [0, 0.1) is 18.3 Å². The van der Waals surface area contributed by atoms with E-state index in [1.54, 1.807) is 12.4 Å². The van der Waals surface area contributed by atoms with E-state index < -0.39 is 0 Å². The lowest BCUT2D eigenvalue weighted by Crippen LogP contribution is -2.51. The SMILES string of the molecule is Cc1nccnc1N1CC[C@@]2(CCCN(CC3CCC3)C2=O)C1. The van der Waals surface area contributed by atoms with Crippen LogP contribution in [-0.2, 0) is 4.79 Å². The molecule has 5 heteroatoms. The molecule has 2 aliphatic heterocycles. The molecule has 0 radical (unpaired) electrons. The lowest BCUT2D eigenvalue weighted by atomic mass is 9.77. The number of amides is 1. The summed E-state index contributed by atoms with van der Waals surface area (Å²) in [5.41, 5.74) is 0.783. The highest BCUT2D eigenvalue weighted by Crippen LogP contribution is 2.42. The van der Waals surface area contributed by atoms with Gasteiger partial charge in [0.1, 0.15) is 5.82 Å². The van der Waals surface area contributed by atoms with Crippen molar-refractivity contribution in [1.29, 1.82) is 0 Å². The molecule has 0 bridgehead atoms. The number of aromatic nitrogens is 2. The maximum absolute atomic E-state index is 13.2. The molecule has 124 valence electrons. The molecule has 1 saturated carbocycles. The molecule has 1 spiro atoms. The van der Waals surface area contributed by atoms with Crippen LogP contribution in [0.1, 0.15) is 44.2 Å². The average molecular weight is 314 g/mol. The lowest BCUT2D eigenvalue weighted by molar-refractivity contribution is -0.146. The Kier molecular flexibility index (Phi) is 3.74. The molecule has 3 fully saturated rings. The van der Waals surface area contributed by atoms with Gasteiger partial charge in [0.05, 0.1) is 11.1 Å². The van der Waals surface area contributed by atoms with Gasteiger partial charge in [-0.25, -0.2) is 4.98 Å². The Morgan fingerprint density at radius 3 is 2.74 bits per heavy atom. The Bertz CT molecular complexity index is 600. The number of aryl methyl sites for hydroxylation is 1. The highest BCUT2D eigenvalue weighted by Gasteiger charge is 2.49. The van der Waals surface area contributed by atoms with Crippen LogP contribution in [0.5, 0.6) is 0 Å². The highest BCUT2D eigenvalue weighted by atomic mass is 16.2. The maximum atomic E-state index is 13.2. The number of carbonyl (C=O) groups is 1. The van der Waals surface area contributed by atoms with Gasteiger partial charge >= 0.3 is 0 Å². The van der Waals surface area contributed by atoms with E-state index in [4.69, 9.17) is 0 Å². The minimum Gasteiger partial charge on any atom is -0.354 e. The minimum absolute atomic E-state index is 0.175. The van der Waals surface area contributed by atoms with Crippen molar-refractivity contribution in [1.82, 2.24) is 14.9 Å². The quantitative estimate of drug-likeness (QED) is 0.859. The van der Waals surface area contributed by atoms with Gasteiger partial charge in [-0.2, -0.15) is 0 Å².